The van der Waals surface area contributed by atoms with Crippen molar-refractivity contribution in [3.63, 3.8) is 0 Å². The molecule has 1 nitrogen and oxygen atoms in total. The molecule has 1 rings (SSSR count). The van der Waals surface area contributed by atoms with Gasteiger partial charge in [-0.05, 0) is 34.2 Å². The molecule has 0 unspecified atom stereocenters. The predicted octanol–water partition coefficient (Wildman–Crippen LogP) is 4.29. The number of halogens is 4. The highest BCUT2D eigenvalue weighted by Gasteiger charge is 2.14. The lowest BCUT2D eigenvalue weighted by Crippen LogP contribution is -1.88. The van der Waals surface area contributed by atoms with E-state index in [0.717, 1.165) is 12.2 Å². The van der Waals surface area contributed by atoms with Crippen molar-refractivity contribution in [3.8, 4) is 6.07 Å². The van der Waals surface area contributed by atoms with Gasteiger partial charge in [-0.3, -0.25) is 0 Å². The van der Waals surface area contributed by atoms with Crippen LogP contribution >= 0.6 is 15.9 Å². The fourth-order valence-electron chi connectivity index (χ4n) is 0.944. The van der Waals surface area contributed by atoms with Crippen molar-refractivity contribution in [2.75, 3.05) is 0 Å². The Morgan fingerprint density at radius 2 is 1.81 bits per heavy atom. The summed E-state index contributed by atoms with van der Waals surface area (Å²) in [5.41, 5.74) is -0.672. The lowest BCUT2D eigenvalue weighted by atomic mass is 10.1. The molecule has 0 saturated carbocycles. The number of rotatable bonds is 0. The Bertz CT molecular complexity index is 504. The third-order valence-corrected chi connectivity index (χ3v) is 2.41. The Hall–Kier alpha value is -1.54. The van der Waals surface area contributed by atoms with E-state index in [9.17, 15) is 13.2 Å². The van der Waals surface area contributed by atoms with Crippen LogP contribution in [0.25, 0.3) is 0 Å². The molecule has 0 heterocycles. The molecule has 0 fully saturated rings. The number of hydrogen-bond donors (Lipinski definition) is 0. The van der Waals surface area contributed by atoms with Crippen LogP contribution in [0.15, 0.2) is 57.9 Å². The van der Waals surface area contributed by atoms with Crippen molar-refractivity contribution in [2.45, 2.75) is 0 Å². The monoisotopic (exact) mass is 287 g/mol. The average molecular weight is 288 g/mol. The van der Waals surface area contributed by atoms with Crippen molar-refractivity contribution in [3.05, 3.63) is 57.9 Å². The highest BCUT2D eigenvalue weighted by Crippen LogP contribution is 2.29. The van der Waals surface area contributed by atoms with Gasteiger partial charge in [0.15, 0.2) is 11.7 Å². The summed E-state index contributed by atoms with van der Waals surface area (Å²) < 4.78 is 39.5. The van der Waals surface area contributed by atoms with Crippen LogP contribution in [0.3, 0.4) is 0 Å². The minimum absolute atomic E-state index is 0.108. The number of nitriles is 1. The van der Waals surface area contributed by atoms with Gasteiger partial charge in [-0.2, -0.15) is 5.26 Å². The molecule has 0 aromatic rings. The van der Waals surface area contributed by atoms with E-state index in [1.807, 2.05) is 0 Å². The molecule has 0 radical (unpaired) electrons. The van der Waals surface area contributed by atoms with Gasteiger partial charge in [0.1, 0.15) is 5.83 Å². The summed E-state index contributed by atoms with van der Waals surface area (Å²) in [7, 11) is 0. The molecule has 0 aromatic heterocycles. The van der Waals surface area contributed by atoms with Crippen LogP contribution in [0, 0.1) is 11.3 Å². The van der Waals surface area contributed by atoms with E-state index in [-0.39, 0.29) is 15.6 Å². The van der Waals surface area contributed by atoms with Crippen LogP contribution in [0.2, 0.25) is 0 Å². The summed E-state index contributed by atoms with van der Waals surface area (Å²) >= 11 is 2.83. The maximum atomic E-state index is 13.5. The fourth-order valence-corrected chi connectivity index (χ4v) is 1.32. The molecule has 0 aromatic carbocycles. The van der Waals surface area contributed by atoms with E-state index in [1.54, 1.807) is 6.07 Å². The molecule has 0 saturated heterocycles. The smallest absolute Gasteiger partial charge is 0.160 e. The van der Waals surface area contributed by atoms with Crippen LogP contribution in [0.1, 0.15) is 0 Å². The first-order chi connectivity index (χ1) is 7.47. The lowest BCUT2D eigenvalue weighted by Gasteiger charge is -2.01. The Kier molecular flexibility index (Phi) is 3.91. The number of hydrogen-bond acceptors (Lipinski definition) is 1. The molecule has 0 amide bonds. The molecule has 0 atom stereocenters. The molecule has 5 heteroatoms. The number of allylic oxidation sites excluding steroid dienone is 9. The Morgan fingerprint density at radius 3 is 2.38 bits per heavy atom. The van der Waals surface area contributed by atoms with Crippen molar-refractivity contribution in [1.82, 2.24) is 0 Å². The first-order valence-electron chi connectivity index (χ1n) is 4.07. The zero-order valence-electron chi connectivity index (χ0n) is 7.90. The second kappa shape index (κ2) is 4.99. The van der Waals surface area contributed by atoms with Gasteiger partial charge >= 0.3 is 0 Å². The number of nitrogens with zero attached hydrogens (tertiary/aromatic N) is 1. The maximum Gasteiger partial charge on any atom is 0.160 e. The fraction of sp³-hybridized carbons (Fsp3) is 0. The highest BCUT2D eigenvalue weighted by atomic mass is 79.9. The van der Waals surface area contributed by atoms with E-state index >= 15 is 0 Å². The summed E-state index contributed by atoms with van der Waals surface area (Å²) in [5.74, 6) is -3.28. The van der Waals surface area contributed by atoms with Gasteiger partial charge in [0.05, 0.1) is 16.1 Å². The molecular weight excluding hydrogens is 283 g/mol. The quantitative estimate of drug-likeness (QED) is 0.652. The third-order valence-electron chi connectivity index (χ3n) is 1.80. The first kappa shape index (κ1) is 12.5. The van der Waals surface area contributed by atoms with Crippen molar-refractivity contribution in [1.29, 1.82) is 5.26 Å². The van der Waals surface area contributed by atoms with Gasteiger partial charge in [-0.25, -0.2) is 13.2 Å². The third kappa shape index (κ3) is 2.52. The lowest BCUT2D eigenvalue weighted by molar-refractivity contribution is 0.573. The largest absolute Gasteiger partial charge is 0.205 e. The minimum Gasteiger partial charge on any atom is -0.205 e. The summed E-state index contributed by atoms with van der Waals surface area (Å²) in [5, 5.41) is 8.66. The summed E-state index contributed by atoms with van der Waals surface area (Å²) in [4.78, 5) is 0. The van der Waals surface area contributed by atoms with Crippen LogP contribution < -0.4 is 0 Å². The molecule has 16 heavy (non-hydrogen) atoms. The van der Waals surface area contributed by atoms with Gasteiger partial charge in [-0.1, -0.05) is 6.58 Å². The van der Waals surface area contributed by atoms with E-state index in [0.29, 0.717) is 6.08 Å². The topological polar surface area (TPSA) is 23.8 Å². The van der Waals surface area contributed by atoms with E-state index in [1.165, 1.54) is 0 Å². The molecule has 1 aliphatic rings. The second-order valence-electron chi connectivity index (χ2n) is 2.84. The summed E-state index contributed by atoms with van der Waals surface area (Å²) in [6.45, 7) is 3.30. The molecule has 82 valence electrons. The summed E-state index contributed by atoms with van der Waals surface area (Å²) in [6, 6.07) is 1.55. The van der Waals surface area contributed by atoms with Crippen molar-refractivity contribution >= 4 is 15.9 Å². The van der Waals surface area contributed by atoms with Crippen LogP contribution in [0.5, 0.6) is 0 Å². The Labute approximate surface area is 98.7 Å². The van der Waals surface area contributed by atoms with Crippen LogP contribution in [-0.4, -0.2) is 0 Å². The predicted molar refractivity (Wildman–Crippen MR) is 58.3 cm³/mol. The van der Waals surface area contributed by atoms with Gasteiger partial charge in [0, 0.05) is 5.57 Å². The Morgan fingerprint density at radius 1 is 1.19 bits per heavy atom. The van der Waals surface area contributed by atoms with Gasteiger partial charge in [-0.15, -0.1) is 0 Å². The van der Waals surface area contributed by atoms with Crippen molar-refractivity contribution < 1.29 is 13.2 Å². The van der Waals surface area contributed by atoms with Gasteiger partial charge < -0.3 is 0 Å². The second-order valence-corrected chi connectivity index (χ2v) is 3.69. The zero-order valence-corrected chi connectivity index (χ0v) is 9.48. The molecular formula is C11H5BrF3N. The molecule has 0 N–H and O–H groups in total. The molecule has 0 spiro atoms. The van der Waals surface area contributed by atoms with E-state index in [2.05, 4.69) is 22.5 Å². The SMILES string of the molecule is C=C1C(F)=C(Br)\C=C/C(F)=C(F)\C=C\1C#N. The maximum absolute atomic E-state index is 13.5. The summed E-state index contributed by atoms with van der Waals surface area (Å²) in [6.07, 6.45) is 2.36. The van der Waals surface area contributed by atoms with Crippen molar-refractivity contribution in [2.24, 2.45) is 0 Å². The average Bonchev–Trinajstić information content (AvgIpc) is 2.31. The van der Waals surface area contributed by atoms with E-state index < -0.39 is 17.5 Å². The molecule has 0 aliphatic heterocycles. The normalized spacial score (nSPS) is 27.4. The van der Waals surface area contributed by atoms with Gasteiger partial charge in [0.25, 0.3) is 0 Å². The minimum atomic E-state index is -1.25. The molecule has 1 aliphatic carbocycles. The van der Waals surface area contributed by atoms with Crippen LogP contribution in [-0.2, 0) is 0 Å². The first-order valence-corrected chi connectivity index (χ1v) is 4.86. The molecule has 0 bridgehead atoms. The standard InChI is InChI=1S/C11H5BrF3N/c1-6-7(5-16)4-10(14)9(13)3-2-8(12)11(6)15/h2-4H,1H2/b3-2-,7-4+,10-9-,11-8?. The Balaban J connectivity index is 3.47. The zero-order chi connectivity index (χ0) is 12.3. The van der Waals surface area contributed by atoms with Gasteiger partial charge in [0.2, 0.25) is 0 Å². The highest BCUT2D eigenvalue weighted by molar-refractivity contribution is 9.11. The van der Waals surface area contributed by atoms with E-state index in [4.69, 9.17) is 5.26 Å². The van der Waals surface area contributed by atoms with Crippen LogP contribution in [0.4, 0.5) is 13.2 Å².